The minimum Gasteiger partial charge on any atom is -0.243 e. The molecule has 0 unspecified atom stereocenters. The number of aryl methyl sites for hydroxylation is 1. The molecule has 0 saturated heterocycles. The molecule has 0 fully saturated rings. The fourth-order valence-corrected chi connectivity index (χ4v) is 2.02. The van der Waals surface area contributed by atoms with Crippen molar-refractivity contribution in [3.8, 4) is 11.4 Å². The lowest BCUT2D eigenvalue weighted by molar-refractivity contribution is 0.687. The zero-order chi connectivity index (χ0) is 10.8. The predicted octanol–water partition coefficient (Wildman–Crippen LogP) is 2.97. The van der Waals surface area contributed by atoms with Crippen molar-refractivity contribution in [2.75, 3.05) is 6.26 Å². The number of hydrogen-bond acceptors (Lipinski definition) is 3. The second-order valence-corrected chi connectivity index (χ2v) is 4.74. The Kier molecular flexibility index (Phi) is 3.11. The van der Waals surface area contributed by atoms with Gasteiger partial charge in [0, 0.05) is 17.1 Å². The molecule has 0 atom stereocenters. The van der Waals surface area contributed by atoms with Gasteiger partial charge in [0.15, 0.2) is 11.0 Å². The Labute approximate surface area is 101 Å². The molecule has 0 amide bonds. The number of hydrogen-bond donors (Lipinski definition) is 0. The van der Waals surface area contributed by atoms with Crippen molar-refractivity contribution in [3.05, 3.63) is 28.7 Å². The van der Waals surface area contributed by atoms with Crippen LogP contribution in [0.3, 0.4) is 0 Å². The molecule has 0 radical (unpaired) electrons. The van der Waals surface area contributed by atoms with Gasteiger partial charge in [-0.3, -0.25) is 0 Å². The van der Waals surface area contributed by atoms with Crippen molar-refractivity contribution in [3.63, 3.8) is 0 Å². The topological polar surface area (TPSA) is 30.7 Å². The minimum absolute atomic E-state index is 0.773. The maximum atomic E-state index is 4.43. The van der Waals surface area contributed by atoms with Crippen LogP contribution < -0.4 is 0 Å². The zero-order valence-electron chi connectivity index (χ0n) is 8.44. The maximum Gasteiger partial charge on any atom is 0.186 e. The number of nitrogens with zero attached hydrogens (tertiary/aromatic N) is 3. The molecule has 2 rings (SSSR count). The lowest BCUT2D eigenvalue weighted by atomic mass is 10.2. The highest BCUT2D eigenvalue weighted by Crippen LogP contribution is 2.21. The van der Waals surface area contributed by atoms with E-state index in [0.29, 0.717) is 0 Å². The summed E-state index contributed by atoms with van der Waals surface area (Å²) in [4.78, 5) is 4.43. The highest BCUT2D eigenvalue weighted by Gasteiger charge is 2.07. The van der Waals surface area contributed by atoms with Crippen LogP contribution in [0, 0.1) is 0 Å². The fourth-order valence-electron chi connectivity index (χ4n) is 1.27. The first-order valence-corrected chi connectivity index (χ1v) is 6.43. The molecule has 0 bridgehead atoms. The minimum atomic E-state index is 0.773. The van der Waals surface area contributed by atoms with Crippen LogP contribution in [0.2, 0.25) is 0 Å². The Morgan fingerprint density at radius 2 is 1.93 bits per heavy atom. The van der Waals surface area contributed by atoms with Crippen molar-refractivity contribution in [2.24, 2.45) is 7.05 Å². The van der Waals surface area contributed by atoms with Crippen molar-refractivity contribution in [1.82, 2.24) is 14.8 Å². The van der Waals surface area contributed by atoms with Crippen molar-refractivity contribution >= 4 is 27.7 Å². The molecule has 0 saturated carbocycles. The molecular weight excluding hydrogens is 274 g/mol. The number of halogens is 1. The third kappa shape index (κ3) is 2.23. The average molecular weight is 284 g/mol. The highest BCUT2D eigenvalue weighted by molar-refractivity contribution is 9.10. The Morgan fingerprint density at radius 1 is 1.27 bits per heavy atom. The first kappa shape index (κ1) is 10.7. The van der Waals surface area contributed by atoms with Crippen LogP contribution in [0.15, 0.2) is 33.9 Å². The summed E-state index contributed by atoms with van der Waals surface area (Å²) in [5.41, 5.74) is 1.04. The van der Waals surface area contributed by atoms with E-state index in [9.17, 15) is 0 Å². The van der Waals surface area contributed by atoms with Gasteiger partial charge < -0.3 is 0 Å². The van der Waals surface area contributed by atoms with Crippen molar-refractivity contribution in [2.45, 2.75) is 5.16 Å². The molecule has 2 aromatic rings. The van der Waals surface area contributed by atoms with Crippen LogP contribution in [0.25, 0.3) is 11.4 Å². The van der Waals surface area contributed by atoms with Gasteiger partial charge in [-0.05, 0) is 18.4 Å². The van der Waals surface area contributed by atoms with E-state index in [-0.39, 0.29) is 0 Å². The number of thioether (sulfide) groups is 1. The number of benzene rings is 1. The van der Waals surface area contributed by atoms with E-state index in [1.165, 1.54) is 0 Å². The molecular formula is C10H10BrN3S. The quantitative estimate of drug-likeness (QED) is 0.794. The normalized spacial score (nSPS) is 10.6. The molecule has 1 aromatic carbocycles. The Balaban J connectivity index is 2.41. The molecule has 3 nitrogen and oxygen atoms in total. The molecule has 1 aromatic heterocycles. The van der Waals surface area contributed by atoms with Gasteiger partial charge in [0.25, 0.3) is 0 Å². The predicted molar refractivity (Wildman–Crippen MR) is 65.9 cm³/mol. The van der Waals surface area contributed by atoms with Crippen molar-refractivity contribution in [1.29, 1.82) is 0 Å². The zero-order valence-corrected chi connectivity index (χ0v) is 10.8. The van der Waals surface area contributed by atoms with Gasteiger partial charge in [-0.25, -0.2) is 9.67 Å². The van der Waals surface area contributed by atoms with Crippen LogP contribution in [0.4, 0.5) is 0 Å². The molecule has 0 aliphatic rings. The van der Waals surface area contributed by atoms with E-state index in [2.05, 4.69) is 26.0 Å². The van der Waals surface area contributed by atoms with Crippen LogP contribution >= 0.6 is 27.7 Å². The second kappa shape index (κ2) is 4.37. The van der Waals surface area contributed by atoms with Gasteiger partial charge >= 0.3 is 0 Å². The van der Waals surface area contributed by atoms with E-state index >= 15 is 0 Å². The maximum absolute atomic E-state index is 4.43. The molecule has 5 heteroatoms. The van der Waals surface area contributed by atoms with E-state index in [0.717, 1.165) is 21.0 Å². The first-order valence-electron chi connectivity index (χ1n) is 4.41. The summed E-state index contributed by atoms with van der Waals surface area (Å²) in [7, 11) is 1.90. The summed E-state index contributed by atoms with van der Waals surface area (Å²) in [6.07, 6.45) is 2.00. The largest absolute Gasteiger partial charge is 0.243 e. The van der Waals surface area contributed by atoms with Gasteiger partial charge in [0.1, 0.15) is 0 Å². The lowest BCUT2D eigenvalue weighted by Crippen LogP contribution is -1.91. The van der Waals surface area contributed by atoms with E-state index in [4.69, 9.17) is 0 Å². The van der Waals surface area contributed by atoms with Crippen LogP contribution in [-0.4, -0.2) is 21.0 Å². The summed E-state index contributed by atoms with van der Waals surface area (Å²) < 4.78 is 2.86. The smallest absolute Gasteiger partial charge is 0.186 e. The Bertz CT molecular complexity index is 464. The summed E-state index contributed by atoms with van der Waals surface area (Å²) in [6.45, 7) is 0. The van der Waals surface area contributed by atoms with Gasteiger partial charge in [0.05, 0.1) is 0 Å². The summed E-state index contributed by atoms with van der Waals surface area (Å²) >= 11 is 5.00. The molecule has 0 aliphatic carbocycles. The number of aromatic nitrogens is 3. The van der Waals surface area contributed by atoms with Gasteiger partial charge in [0.2, 0.25) is 0 Å². The Morgan fingerprint density at radius 3 is 2.47 bits per heavy atom. The van der Waals surface area contributed by atoms with Crippen LogP contribution in [0.1, 0.15) is 0 Å². The lowest BCUT2D eigenvalue weighted by Gasteiger charge is -1.94. The summed E-state index contributed by atoms with van der Waals surface area (Å²) in [5.74, 6) is 0.773. The number of rotatable bonds is 2. The van der Waals surface area contributed by atoms with E-state index in [1.54, 1.807) is 16.4 Å². The van der Waals surface area contributed by atoms with E-state index in [1.807, 2.05) is 37.6 Å². The molecule has 78 valence electrons. The van der Waals surface area contributed by atoms with Crippen molar-refractivity contribution < 1.29 is 0 Å². The average Bonchev–Trinajstić information content (AvgIpc) is 2.61. The molecule has 1 heterocycles. The first-order chi connectivity index (χ1) is 7.20. The highest BCUT2D eigenvalue weighted by atomic mass is 79.9. The fraction of sp³-hybridized carbons (Fsp3) is 0.200. The summed E-state index contributed by atoms with van der Waals surface area (Å²) in [5, 5.41) is 5.27. The van der Waals surface area contributed by atoms with Gasteiger partial charge in [-0.15, -0.1) is 0 Å². The van der Waals surface area contributed by atoms with Gasteiger partial charge in [-0.1, -0.05) is 39.8 Å². The molecule has 0 aliphatic heterocycles. The SMILES string of the molecule is CSc1nc(-c2ccc(Br)cc2)nn1C. The Hall–Kier alpha value is -0.810. The monoisotopic (exact) mass is 283 g/mol. The standard InChI is InChI=1S/C10H10BrN3S/c1-14-10(15-2)12-9(13-14)7-3-5-8(11)6-4-7/h3-6H,1-2H3. The van der Waals surface area contributed by atoms with Crippen LogP contribution in [0.5, 0.6) is 0 Å². The second-order valence-electron chi connectivity index (χ2n) is 3.05. The molecule has 0 N–H and O–H groups in total. The van der Waals surface area contributed by atoms with E-state index < -0.39 is 0 Å². The third-order valence-corrected chi connectivity index (χ3v) is 3.26. The molecule has 0 spiro atoms. The summed E-state index contributed by atoms with van der Waals surface area (Å²) in [6, 6.07) is 7.99. The van der Waals surface area contributed by atoms with Crippen LogP contribution in [-0.2, 0) is 7.05 Å². The van der Waals surface area contributed by atoms with Gasteiger partial charge in [-0.2, -0.15) is 5.10 Å². The molecule has 15 heavy (non-hydrogen) atoms. The third-order valence-electron chi connectivity index (χ3n) is 2.01.